The van der Waals surface area contributed by atoms with Crippen molar-refractivity contribution in [2.24, 2.45) is 0 Å². The predicted octanol–water partition coefficient (Wildman–Crippen LogP) is 1.23. The van der Waals surface area contributed by atoms with Gasteiger partial charge in [0.1, 0.15) is 25.1 Å². The molecule has 30 heavy (non-hydrogen) atoms. The molecule has 0 amide bonds. The van der Waals surface area contributed by atoms with Crippen molar-refractivity contribution < 1.29 is 19.7 Å². The van der Waals surface area contributed by atoms with Crippen LogP contribution in [-0.2, 0) is 11.3 Å². The molecular formula is C20H20N6O4. The van der Waals surface area contributed by atoms with E-state index in [4.69, 9.17) is 9.47 Å². The summed E-state index contributed by atoms with van der Waals surface area (Å²) >= 11 is 0. The quantitative estimate of drug-likeness (QED) is 0.506. The molecule has 5 rings (SSSR count). The number of benzene rings is 1. The Hall–Kier alpha value is -3.34. The molecule has 154 valence electrons. The lowest BCUT2D eigenvalue weighted by Gasteiger charge is -2.16. The largest absolute Gasteiger partial charge is 0.471 e. The van der Waals surface area contributed by atoms with Crippen molar-refractivity contribution in [1.29, 1.82) is 0 Å². The van der Waals surface area contributed by atoms with E-state index in [0.29, 0.717) is 17.0 Å². The van der Waals surface area contributed by atoms with Gasteiger partial charge in [0.05, 0.1) is 18.1 Å². The summed E-state index contributed by atoms with van der Waals surface area (Å²) in [5.74, 6) is 0.315. The Bertz CT molecular complexity index is 1160. The minimum Gasteiger partial charge on any atom is -0.471 e. The second-order valence-corrected chi connectivity index (χ2v) is 7.08. The fourth-order valence-corrected chi connectivity index (χ4v) is 3.59. The minimum absolute atomic E-state index is 0.257. The monoisotopic (exact) mass is 408 g/mol. The van der Waals surface area contributed by atoms with Crippen molar-refractivity contribution in [3.63, 3.8) is 0 Å². The molecule has 1 aromatic carbocycles. The predicted molar refractivity (Wildman–Crippen MR) is 105 cm³/mol. The van der Waals surface area contributed by atoms with E-state index in [1.807, 2.05) is 36.5 Å². The van der Waals surface area contributed by atoms with Gasteiger partial charge in [-0.15, -0.1) is 0 Å². The van der Waals surface area contributed by atoms with E-state index in [1.54, 1.807) is 22.4 Å². The maximum absolute atomic E-state index is 10.3. The normalized spacial score (nSPS) is 23.8. The Morgan fingerprint density at radius 2 is 1.97 bits per heavy atom. The van der Waals surface area contributed by atoms with Gasteiger partial charge in [0.2, 0.25) is 5.88 Å². The SMILES string of the molecule is C[C@H]1O[C@@H](n2cnc3c(OCc4ccccc4-n4cccn4)ncnc32)[C@H](O)[C@@H]1O. The molecule has 4 atom stereocenters. The van der Waals surface area contributed by atoms with Gasteiger partial charge in [-0.3, -0.25) is 4.57 Å². The van der Waals surface area contributed by atoms with Crippen molar-refractivity contribution in [3.05, 3.63) is 60.9 Å². The Balaban J connectivity index is 1.43. The molecule has 0 aliphatic carbocycles. The number of para-hydroxylation sites is 1. The third-order valence-corrected chi connectivity index (χ3v) is 5.18. The number of fused-ring (bicyclic) bond motifs is 1. The van der Waals surface area contributed by atoms with Gasteiger partial charge in [0, 0.05) is 18.0 Å². The van der Waals surface area contributed by atoms with Crippen molar-refractivity contribution >= 4 is 11.2 Å². The molecule has 2 N–H and O–H groups in total. The van der Waals surface area contributed by atoms with Crippen LogP contribution in [0.3, 0.4) is 0 Å². The Labute approximate surface area is 171 Å². The first-order valence-electron chi connectivity index (χ1n) is 9.53. The van der Waals surface area contributed by atoms with Crippen molar-refractivity contribution in [3.8, 4) is 11.6 Å². The smallest absolute Gasteiger partial charge is 0.245 e. The van der Waals surface area contributed by atoms with Crippen LogP contribution in [0.5, 0.6) is 5.88 Å². The van der Waals surface area contributed by atoms with E-state index < -0.39 is 24.5 Å². The molecule has 3 aromatic heterocycles. The zero-order valence-corrected chi connectivity index (χ0v) is 16.1. The fraction of sp³-hybridized carbons (Fsp3) is 0.300. The number of aliphatic hydroxyl groups is 2. The molecule has 0 unspecified atom stereocenters. The number of hydrogen-bond donors (Lipinski definition) is 2. The number of aliphatic hydroxyl groups excluding tert-OH is 2. The summed E-state index contributed by atoms with van der Waals surface area (Å²) in [6.07, 6.45) is 3.10. The number of aromatic nitrogens is 6. The molecule has 10 nitrogen and oxygen atoms in total. The molecule has 1 fully saturated rings. The average Bonchev–Trinajstić information content (AvgIpc) is 3.50. The Kier molecular flexibility index (Phi) is 4.66. The van der Waals surface area contributed by atoms with E-state index in [9.17, 15) is 10.2 Å². The number of ether oxygens (including phenoxy) is 2. The van der Waals surface area contributed by atoms with Gasteiger partial charge in [-0.25, -0.2) is 14.6 Å². The lowest BCUT2D eigenvalue weighted by Crippen LogP contribution is -2.30. The summed E-state index contributed by atoms with van der Waals surface area (Å²) in [7, 11) is 0. The van der Waals surface area contributed by atoms with Crippen LogP contribution in [-0.4, -0.2) is 57.8 Å². The van der Waals surface area contributed by atoms with Gasteiger partial charge < -0.3 is 19.7 Å². The van der Waals surface area contributed by atoms with Crippen LogP contribution >= 0.6 is 0 Å². The van der Waals surface area contributed by atoms with Crippen molar-refractivity contribution in [2.45, 2.75) is 38.1 Å². The third kappa shape index (κ3) is 3.11. The van der Waals surface area contributed by atoms with Crippen LogP contribution in [0, 0.1) is 0 Å². The molecule has 0 radical (unpaired) electrons. The Morgan fingerprint density at radius 1 is 1.10 bits per heavy atom. The molecule has 10 heteroatoms. The number of rotatable bonds is 5. The third-order valence-electron chi connectivity index (χ3n) is 5.18. The highest BCUT2D eigenvalue weighted by molar-refractivity contribution is 5.76. The molecule has 1 aliphatic heterocycles. The standard InChI is InChI=1S/C20H20N6O4/c1-12-16(27)17(28)20(30-12)25-11-23-15-18(25)21-10-22-19(15)29-9-13-5-2-3-6-14(13)26-8-4-7-24-26/h2-8,10-12,16-17,20,27-28H,9H2,1H3/t12-,16-,17-,20-/m1/s1. The first-order chi connectivity index (χ1) is 14.6. The van der Waals surface area contributed by atoms with Crippen LogP contribution in [0.1, 0.15) is 18.7 Å². The molecule has 0 bridgehead atoms. The topological polar surface area (TPSA) is 120 Å². The van der Waals surface area contributed by atoms with E-state index in [1.165, 1.54) is 12.7 Å². The van der Waals surface area contributed by atoms with Gasteiger partial charge in [-0.05, 0) is 19.1 Å². The van der Waals surface area contributed by atoms with Crippen LogP contribution in [0.25, 0.3) is 16.9 Å². The molecular weight excluding hydrogens is 388 g/mol. The fourth-order valence-electron chi connectivity index (χ4n) is 3.59. The van der Waals surface area contributed by atoms with Gasteiger partial charge in [0.15, 0.2) is 17.4 Å². The minimum atomic E-state index is -1.09. The van der Waals surface area contributed by atoms with Gasteiger partial charge in [0.25, 0.3) is 0 Å². The van der Waals surface area contributed by atoms with Gasteiger partial charge in [-0.2, -0.15) is 10.1 Å². The summed E-state index contributed by atoms with van der Waals surface area (Å²) in [5.41, 5.74) is 2.73. The molecule has 1 saturated heterocycles. The lowest BCUT2D eigenvalue weighted by molar-refractivity contribution is -0.0299. The number of hydrogen-bond acceptors (Lipinski definition) is 8. The molecule has 1 aliphatic rings. The molecule has 0 saturated carbocycles. The summed E-state index contributed by atoms with van der Waals surface area (Å²) in [4.78, 5) is 12.8. The van der Waals surface area contributed by atoms with E-state index in [0.717, 1.165) is 11.3 Å². The van der Waals surface area contributed by atoms with E-state index in [2.05, 4.69) is 20.1 Å². The highest BCUT2D eigenvalue weighted by atomic mass is 16.6. The average molecular weight is 408 g/mol. The second-order valence-electron chi connectivity index (χ2n) is 7.08. The van der Waals surface area contributed by atoms with Crippen LogP contribution in [0.2, 0.25) is 0 Å². The second kappa shape index (κ2) is 7.48. The van der Waals surface area contributed by atoms with Gasteiger partial charge >= 0.3 is 0 Å². The summed E-state index contributed by atoms with van der Waals surface area (Å²) in [5, 5.41) is 24.6. The highest BCUT2D eigenvalue weighted by Gasteiger charge is 2.42. The maximum Gasteiger partial charge on any atom is 0.245 e. The van der Waals surface area contributed by atoms with Crippen LogP contribution in [0.15, 0.2) is 55.4 Å². The highest BCUT2D eigenvalue weighted by Crippen LogP contribution is 2.32. The Morgan fingerprint density at radius 3 is 2.73 bits per heavy atom. The molecule has 4 heterocycles. The van der Waals surface area contributed by atoms with Crippen molar-refractivity contribution in [1.82, 2.24) is 29.3 Å². The maximum atomic E-state index is 10.3. The van der Waals surface area contributed by atoms with Gasteiger partial charge in [-0.1, -0.05) is 18.2 Å². The molecule has 4 aromatic rings. The first kappa shape index (κ1) is 18.7. The summed E-state index contributed by atoms with van der Waals surface area (Å²) in [6, 6.07) is 9.64. The van der Waals surface area contributed by atoms with Crippen LogP contribution < -0.4 is 4.74 Å². The zero-order chi connectivity index (χ0) is 20.7. The lowest BCUT2D eigenvalue weighted by atomic mass is 10.1. The summed E-state index contributed by atoms with van der Waals surface area (Å²) in [6.45, 7) is 1.96. The summed E-state index contributed by atoms with van der Waals surface area (Å²) < 4.78 is 15.0. The number of nitrogens with zero attached hydrogens (tertiary/aromatic N) is 6. The zero-order valence-electron chi connectivity index (χ0n) is 16.1. The van der Waals surface area contributed by atoms with E-state index >= 15 is 0 Å². The van der Waals surface area contributed by atoms with Crippen molar-refractivity contribution in [2.75, 3.05) is 0 Å². The van der Waals surface area contributed by atoms with E-state index in [-0.39, 0.29) is 6.61 Å². The first-order valence-corrected chi connectivity index (χ1v) is 9.53. The molecule has 0 spiro atoms. The van der Waals surface area contributed by atoms with Crippen LogP contribution in [0.4, 0.5) is 0 Å². The number of imidazole rings is 1.